The van der Waals surface area contributed by atoms with Crippen LogP contribution in [-0.4, -0.2) is 58.3 Å². The molecule has 3 heterocycles. The topological polar surface area (TPSA) is 73.0 Å². The summed E-state index contributed by atoms with van der Waals surface area (Å²) in [6.45, 7) is 3.23. The van der Waals surface area contributed by atoms with Crippen molar-refractivity contribution in [1.82, 2.24) is 14.9 Å². The second-order valence-corrected chi connectivity index (χ2v) is 5.04. The maximum absolute atomic E-state index is 11.2. The van der Waals surface area contributed by atoms with Gasteiger partial charge in [-0.05, 0) is 12.8 Å². The van der Waals surface area contributed by atoms with Gasteiger partial charge in [0, 0.05) is 37.1 Å². The third-order valence-corrected chi connectivity index (χ3v) is 3.88. The van der Waals surface area contributed by atoms with Crippen LogP contribution in [0.5, 0.6) is 0 Å². The molecule has 0 bridgehead atoms. The largest absolute Gasteiger partial charge is 0.366 e. The third-order valence-electron chi connectivity index (χ3n) is 3.88. The fourth-order valence-electron chi connectivity index (χ4n) is 2.86. The predicted molar refractivity (Wildman–Crippen MR) is 65.2 cm³/mol. The lowest BCUT2D eigenvalue weighted by molar-refractivity contribution is -0.200. The first kappa shape index (κ1) is 11.7. The highest BCUT2D eigenvalue weighted by atomic mass is 16.5. The first-order valence-corrected chi connectivity index (χ1v) is 6.31. The summed E-state index contributed by atoms with van der Waals surface area (Å²) in [5.41, 5.74) is 7.15. The van der Waals surface area contributed by atoms with E-state index in [9.17, 15) is 10.0 Å². The van der Waals surface area contributed by atoms with Crippen molar-refractivity contribution in [2.75, 3.05) is 26.2 Å². The number of hydrogen-bond donors (Lipinski definition) is 2. The molecule has 0 aromatic heterocycles. The van der Waals surface area contributed by atoms with E-state index in [1.165, 1.54) is 10.8 Å². The standard InChI is InChI=1S/C12H18N4O2/c13-12(17)9-2-3-10-7-14-4-1-5-16(18)11(14)8-15(10)6-9/h3,6,11,18H,1-2,4-5,7-8H2,(H2,13,17). The van der Waals surface area contributed by atoms with E-state index in [0.29, 0.717) is 25.1 Å². The maximum atomic E-state index is 11.2. The summed E-state index contributed by atoms with van der Waals surface area (Å²) in [7, 11) is 0. The van der Waals surface area contributed by atoms with Crippen molar-refractivity contribution in [3.8, 4) is 0 Å². The summed E-state index contributed by atoms with van der Waals surface area (Å²) in [6.07, 6.45) is 5.51. The number of carbonyl (C=O) groups excluding carboxylic acids is 1. The molecule has 18 heavy (non-hydrogen) atoms. The molecule has 98 valence electrons. The number of hydrogen-bond acceptors (Lipinski definition) is 5. The molecule has 1 amide bonds. The van der Waals surface area contributed by atoms with Crippen LogP contribution in [0.1, 0.15) is 12.8 Å². The van der Waals surface area contributed by atoms with Crippen molar-refractivity contribution in [3.63, 3.8) is 0 Å². The number of nitrogens with zero attached hydrogens (tertiary/aromatic N) is 3. The molecule has 6 nitrogen and oxygen atoms in total. The van der Waals surface area contributed by atoms with Crippen LogP contribution >= 0.6 is 0 Å². The van der Waals surface area contributed by atoms with Gasteiger partial charge in [-0.25, -0.2) is 0 Å². The quantitative estimate of drug-likeness (QED) is 0.667. The van der Waals surface area contributed by atoms with E-state index < -0.39 is 0 Å². The minimum atomic E-state index is -0.364. The Hall–Kier alpha value is -1.37. The van der Waals surface area contributed by atoms with Crippen LogP contribution in [0.25, 0.3) is 0 Å². The molecule has 0 aromatic carbocycles. The highest BCUT2D eigenvalue weighted by Crippen LogP contribution is 2.27. The number of rotatable bonds is 1. The lowest BCUT2D eigenvalue weighted by atomic mass is 10.0. The Morgan fingerprint density at radius 2 is 2.28 bits per heavy atom. The van der Waals surface area contributed by atoms with Gasteiger partial charge in [-0.3, -0.25) is 9.69 Å². The van der Waals surface area contributed by atoms with E-state index in [-0.39, 0.29) is 12.1 Å². The van der Waals surface area contributed by atoms with Gasteiger partial charge in [-0.15, -0.1) is 0 Å². The number of allylic oxidation sites excluding steroid dienone is 1. The Kier molecular flexibility index (Phi) is 2.85. The molecule has 1 atom stereocenters. The Morgan fingerprint density at radius 3 is 3.06 bits per heavy atom. The van der Waals surface area contributed by atoms with Gasteiger partial charge in [0.05, 0.1) is 6.54 Å². The first-order chi connectivity index (χ1) is 8.65. The van der Waals surface area contributed by atoms with E-state index >= 15 is 0 Å². The van der Waals surface area contributed by atoms with E-state index in [1.54, 1.807) is 0 Å². The van der Waals surface area contributed by atoms with Crippen LogP contribution in [0.2, 0.25) is 0 Å². The number of primary amides is 1. The van der Waals surface area contributed by atoms with Crippen LogP contribution in [0, 0.1) is 0 Å². The average Bonchev–Trinajstić information content (AvgIpc) is 2.36. The second kappa shape index (κ2) is 4.38. The SMILES string of the molecule is NC(=O)C1=CN2CC3N(O)CCCN3CC2=CC1. The number of hydroxylamine groups is 2. The van der Waals surface area contributed by atoms with Gasteiger partial charge in [0.25, 0.3) is 0 Å². The Bertz CT molecular complexity index is 432. The van der Waals surface area contributed by atoms with E-state index in [4.69, 9.17) is 5.73 Å². The summed E-state index contributed by atoms with van der Waals surface area (Å²) >= 11 is 0. The zero-order chi connectivity index (χ0) is 12.7. The van der Waals surface area contributed by atoms with Crippen molar-refractivity contribution in [2.24, 2.45) is 5.73 Å². The molecule has 0 aliphatic carbocycles. The van der Waals surface area contributed by atoms with Gasteiger partial charge in [0.2, 0.25) is 5.91 Å². The number of piperazine rings is 1. The Labute approximate surface area is 106 Å². The van der Waals surface area contributed by atoms with E-state index in [2.05, 4.69) is 11.0 Å². The predicted octanol–water partition coefficient (Wildman–Crippen LogP) is -0.318. The molecular formula is C12H18N4O2. The van der Waals surface area contributed by atoms with Gasteiger partial charge in [0.1, 0.15) is 6.17 Å². The first-order valence-electron chi connectivity index (χ1n) is 6.31. The molecule has 3 aliphatic rings. The molecule has 2 saturated heterocycles. The van der Waals surface area contributed by atoms with Crippen molar-refractivity contribution in [3.05, 3.63) is 23.5 Å². The molecule has 3 N–H and O–H groups in total. The highest BCUT2D eigenvalue weighted by molar-refractivity contribution is 5.92. The summed E-state index contributed by atoms with van der Waals surface area (Å²) in [6, 6.07) is 0. The van der Waals surface area contributed by atoms with Crippen molar-refractivity contribution >= 4 is 5.91 Å². The third kappa shape index (κ3) is 1.92. The molecule has 0 spiro atoms. The molecule has 2 fully saturated rings. The summed E-state index contributed by atoms with van der Waals surface area (Å²) in [4.78, 5) is 15.5. The minimum absolute atomic E-state index is 0.0133. The summed E-state index contributed by atoms with van der Waals surface area (Å²) < 4.78 is 0. The number of nitrogens with two attached hydrogens (primary N) is 1. The number of carbonyl (C=O) groups is 1. The number of fused-ring (bicyclic) bond motifs is 2. The molecule has 6 heteroatoms. The van der Waals surface area contributed by atoms with Crippen LogP contribution in [0.4, 0.5) is 0 Å². The normalized spacial score (nSPS) is 29.2. The highest BCUT2D eigenvalue weighted by Gasteiger charge is 2.36. The fourth-order valence-corrected chi connectivity index (χ4v) is 2.86. The van der Waals surface area contributed by atoms with Gasteiger partial charge in [0.15, 0.2) is 0 Å². The lowest BCUT2D eigenvalue weighted by Gasteiger charge is -2.48. The van der Waals surface area contributed by atoms with E-state index in [1.807, 2.05) is 11.1 Å². The van der Waals surface area contributed by atoms with Crippen LogP contribution < -0.4 is 5.73 Å². The maximum Gasteiger partial charge on any atom is 0.246 e. The van der Waals surface area contributed by atoms with Crippen LogP contribution in [-0.2, 0) is 4.79 Å². The average molecular weight is 250 g/mol. The van der Waals surface area contributed by atoms with Crippen molar-refractivity contribution < 1.29 is 10.0 Å². The van der Waals surface area contributed by atoms with Gasteiger partial charge < -0.3 is 15.8 Å². The molecular weight excluding hydrogens is 232 g/mol. The molecule has 0 saturated carbocycles. The van der Waals surface area contributed by atoms with Crippen molar-refractivity contribution in [1.29, 1.82) is 0 Å². The zero-order valence-electron chi connectivity index (χ0n) is 10.2. The lowest BCUT2D eigenvalue weighted by Crippen LogP contribution is -2.61. The molecule has 0 radical (unpaired) electrons. The zero-order valence-corrected chi connectivity index (χ0v) is 10.2. The van der Waals surface area contributed by atoms with E-state index in [0.717, 1.165) is 19.5 Å². The summed E-state index contributed by atoms with van der Waals surface area (Å²) in [5, 5.41) is 11.3. The molecule has 3 aliphatic heterocycles. The van der Waals surface area contributed by atoms with Gasteiger partial charge in [-0.2, -0.15) is 5.06 Å². The van der Waals surface area contributed by atoms with Crippen LogP contribution in [0.15, 0.2) is 23.5 Å². The number of amides is 1. The molecule has 0 aromatic rings. The Morgan fingerprint density at radius 1 is 1.44 bits per heavy atom. The monoisotopic (exact) mass is 250 g/mol. The smallest absolute Gasteiger partial charge is 0.246 e. The second-order valence-electron chi connectivity index (χ2n) is 5.04. The van der Waals surface area contributed by atoms with Crippen LogP contribution in [0.3, 0.4) is 0 Å². The fraction of sp³-hybridized carbons (Fsp3) is 0.583. The summed E-state index contributed by atoms with van der Waals surface area (Å²) in [5.74, 6) is -0.364. The Balaban J connectivity index is 1.80. The van der Waals surface area contributed by atoms with Gasteiger partial charge in [-0.1, -0.05) is 6.08 Å². The molecule has 3 rings (SSSR count). The van der Waals surface area contributed by atoms with Gasteiger partial charge >= 0.3 is 0 Å². The van der Waals surface area contributed by atoms with Crippen molar-refractivity contribution in [2.45, 2.75) is 19.0 Å². The molecule has 1 unspecified atom stereocenters. The minimum Gasteiger partial charge on any atom is -0.366 e.